The summed E-state index contributed by atoms with van der Waals surface area (Å²) in [7, 11) is 1.37. The fraction of sp³-hybridized carbons (Fsp3) is 0.667. The molecule has 0 unspecified atom stereocenters. The Morgan fingerprint density at radius 2 is 1.88 bits per heavy atom. The van der Waals surface area contributed by atoms with Gasteiger partial charge in [0.2, 0.25) is 0 Å². The Kier molecular flexibility index (Phi) is 3.84. The lowest BCUT2D eigenvalue weighted by Crippen LogP contribution is -2.57. The molecule has 0 saturated heterocycles. The molecule has 2 rings (SSSR count). The van der Waals surface area contributed by atoms with E-state index < -0.39 is 8.56 Å². The van der Waals surface area contributed by atoms with Gasteiger partial charge in [0.1, 0.15) is 0 Å². The average Bonchev–Trinajstić information content (AvgIpc) is 2.87. The molecule has 1 aliphatic carbocycles. The molecule has 1 saturated carbocycles. The Hall–Kier alpha value is -0.583. The van der Waals surface area contributed by atoms with Crippen molar-refractivity contribution < 1.29 is 8.85 Å². The molecule has 0 atom stereocenters. The standard InChI is InChI=1S/C12H21NO2Si/c1-14-16(15-2,12-9-6-10-13-12)11-7-4-3-5-8-11/h6,9-11,13H,3-5,7-8H2,1-2H3. The molecule has 1 heterocycles. The first-order valence-electron chi connectivity index (χ1n) is 6.07. The van der Waals surface area contributed by atoms with Crippen LogP contribution < -0.4 is 5.32 Å². The minimum Gasteiger partial charge on any atom is -0.393 e. The fourth-order valence-corrected chi connectivity index (χ4v) is 6.38. The van der Waals surface area contributed by atoms with Crippen molar-refractivity contribution in [1.29, 1.82) is 0 Å². The number of H-pyrrole nitrogens is 1. The Balaban J connectivity index is 2.26. The minimum absolute atomic E-state index is 0.592. The van der Waals surface area contributed by atoms with Crippen LogP contribution in [0.3, 0.4) is 0 Å². The molecule has 3 nitrogen and oxygen atoms in total. The third kappa shape index (κ3) is 1.97. The smallest absolute Gasteiger partial charge is 0.391 e. The number of rotatable bonds is 4. The fourth-order valence-electron chi connectivity index (χ4n) is 2.89. The number of nitrogens with one attached hydrogen (secondary N) is 1. The van der Waals surface area contributed by atoms with E-state index in [9.17, 15) is 0 Å². The van der Waals surface area contributed by atoms with Crippen LogP contribution >= 0.6 is 0 Å². The molecule has 1 fully saturated rings. The lowest BCUT2D eigenvalue weighted by Gasteiger charge is -2.36. The summed E-state index contributed by atoms with van der Waals surface area (Å²) < 4.78 is 11.7. The van der Waals surface area contributed by atoms with E-state index in [2.05, 4.69) is 11.1 Å². The maximum absolute atomic E-state index is 5.86. The normalized spacial score (nSPS) is 18.9. The summed E-state index contributed by atoms with van der Waals surface area (Å²) in [6.45, 7) is 0. The number of hydrogen-bond acceptors (Lipinski definition) is 2. The van der Waals surface area contributed by atoms with Gasteiger partial charge in [-0.1, -0.05) is 19.3 Å². The predicted octanol–water partition coefficient (Wildman–Crippen LogP) is 2.29. The molecule has 1 aromatic heterocycles. The number of aromatic nitrogens is 1. The molecular formula is C12H21NO2Si. The first kappa shape index (κ1) is 11.9. The summed E-state index contributed by atoms with van der Waals surface area (Å²) in [5, 5.41) is 1.17. The third-order valence-corrected chi connectivity index (χ3v) is 7.65. The van der Waals surface area contributed by atoms with E-state index in [1.807, 2.05) is 12.3 Å². The molecule has 1 aromatic rings. The molecule has 90 valence electrons. The van der Waals surface area contributed by atoms with Crippen molar-refractivity contribution in [3.05, 3.63) is 18.3 Å². The zero-order chi connectivity index (χ0) is 11.4. The molecular weight excluding hydrogens is 218 g/mol. The monoisotopic (exact) mass is 239 g/mol. The molecule has 16 heavy (non-hydrogen) atoms. The van der Waals surface area contributed by atoms with E-state index in [0.717, 1.165) is 0 Å². The highest BCUT2D eigenvalue weighted by molar-refractivity contribution is 6.81. The maximum Gasteiger partial charge on any atom is 0.391 e. The van der Waals surface area contributed by atoms with Crippen LogP contribution in [-0.2, 0) is 8.85 Å². The third-order valence-electron chi connectivity index (χ3n) is 3.72. The highest BCUT2D eigenvalue weighted by Crippen LogP contribution is 2.37. The van der Waals surface area contributed by atoms with Gasteiger partial charge in [-0.25, -0.2) is 0 Å². The van der Waals surface area contributed by atoms with E-state index in [4.69, 9.17) is 8.85 Å². The molecule has 0 aromatic carbocycles. The van der Waals surface area contributed by atoms with Crippen LogP contribution in [0.25, 0.3) is 0 Å². The number of aromatic amines is 1. The van der Waals surface area contributed by atoms with Gasteiger partial charge in [0.05, 0.1) is 5.32 Å². The van der Waals surface area contributed by atoms with Crippen LogP contribution in [0.5, 0.6) is 0 Å². The topological polar surface area (TPSA) is 34.2 Å². The highest BCUT2D eigenvalue weighted by atomic mass is 28.4. The van der Waals surface area contributed by atoms with E-state index in [1.165, 1.54) is 37.4 Å². The summed E-state index contributed by atoms with van der Waals surface area (Å²) in [6.07, 6.45) is 8.43. The van der Waals surface area contributed by atoms with Crippen molar-refractivity contribution in [3.8, 4) is 0 Å². The van der Waals surface area contributed by atoms with Gasteiger partial charge in [0.15, 0.2) is 0 Å². The molecule has 1 aliphatic rings. The summed E-state index contributed by atoms with van der Waals surface area (Å²) in [6, 6.07) is 4.13. The Labute approximate surface area is 98.4 Å². The molecule has 4 heteroatoms. The van der Waals surface area contributed by atoms with Crippen molar-refractivity contribution in [2.75, 3.05) is 14.2 Å². The van der Waals surface area contributed by atoms with Gasteiger partial charge in [-0.3, -0.25) is 0 Å². The second-order valence-electron chi connectivity index (χ2n) is 4.49. The Morgan fingerprint density at radius 1 is 1.19 bits per heavy atom. The lowest BCUT2D eigenvalue weighted by atomic mass is 10.0. The summed E-state index contributed by atoms with van der Waals surface area (Å²) >= 11 is 0. The van der Waals surface area contributed by atoms with Crippen molar-refractivity contribution in [1.82, 2.24) is 4.98 Å². The van der Waals surface area contributed by atoms with Crippen molar-refractivity contribution in [3.63, 3.8) is 0 Å². The van der Waals surface area contributed by atoms with Gasteiger partial charge in [-0.05, 0) is 25.0 Å². The van der Waals surface area contributed by atoms with E-state index in [1.54, 1.807) is 14.2 Å². The second kappa shape index (κ2) is 5.16. The van der Waals surface area contributed by atoms with E-state index in [0.29, 0.717) is 5.54 Å². The Bertz CT molecular complexity index is 303. The molecule has 0 aliphatic heterocycles. The highest BCUT2D eigenvalue weighted by Gasteiger charge is 2.47. The average molecular weight is 239 g/mol. The van der Waals surface area contributed by atoms with Gasteiger partial charge < -0.3 is 13.8 Å². The van der Waals surface area contributed by atoms with Crippen LogP contribution in [0.2, 0.25) is 5.54 Å². The predicted molar refractivity (Wildman–Crippen MR) is 67.0 cm³/mol. The summed E-state index contributed by atoms with van der Waals surface area (Å²) in [4.78, 5) is 3.29. The van der Waals surface area contributed by atoms with Gasteiger partial charge in [0, 0.05) is 26.0 Å². The van der Waals surface area contributed by atoms with Crippen LogP contribution in [-0.4, -0.2) is 27.8 Å². The largest absolute Gasteiger partial charge is 0.393 e. The maximum atomic E-state index is 5.86. The van der Waals surface area contributed by atoms with E-state index in [-0.39, 0.29) is 0 Å². The summed E-state index contributed by atoms with van der Waals surface area (Å²) in [5.41, 5.74) is 0.592. The van der Waals surface area contributed by atoms with Crippen LogP contribution in [0, 0.1) is 0 Å². The quantitative estimate of drug-likeness (QED) is 0.818. The zero-order valence-electron chi connectivity index (χ0n) is 10.2. The SMILES string of the molecule is CO[Si](OC)(c1ccc[nH]1)C1CCCCC1. The summed E-state index contributed by atoms with van der Waals surface area (Å²) in [5.74, 6) is 0. The molecule has 0 amide bonds. The first-order chi connectivity index (χ1) is 7.83. The minimum atomic E-state index is -2.22. The molecule has 0 radical (unpaired) electrons. The van der Waals surface area contributed by atoms with Gasteiger partial charge in [-0.15, -0.1) is 0 Å². The van der Waals surface area contributed by atoms with Crippen molar-refractivity contribution in [2.45, 2.75) is 37.6 Å². The number of hydrogen-bond donors (Lipinski definition) is 1. The van der Waals surface area contributed by atoms with Gasteiger partial charge >= 0.3 is 8.56 Å². The van der Waals surface area contributed by atoms with E-state index >= 15 is 0 Å². The molecule has 1 N–H and O–H groups in total. The van der Waals surface area contributed by atoms with Gasteiger partial charge in [0.25, 0.3) is 0 Å². The zero-order valence-corrected chi connectivity index (χ0v) is 11.2. The second-order valence-corrected chi connectivity index (χ2v) is 8.00. The molecule has 0 spiro atoms. The first-order valence-corrected chi connectivity index (χ1v) is 7.97. The Morgan fingerprint density at radius 3 is 2.38 bits per heavy atom. The van der Waals surface area contributed by atoms with Crippen molar-refractivity contribution >= 4 is 13.9 Å². The van der Waals surface area contributed by atoms with Gasteiger partial charge in [-0.2, -0.15) is 0 Å². The van der Waals surface area contributed by atoms with Crippen LogP contribution in [0.4, 0.5) is 0 Å². The van der Waals surface area contributed by atoms with Crippen molar-refractivity contribution in [2.24, 2.45) is 0 Å². The van der Waals surface area contributed by atoms with Crippen LogP contribution in [0.1, 0.15) is 32.1 Å². The molecule has 0 bridgehead atoms. The van der Waals surface area contributed by atoms with Crippen LogP contribution in [0.15, 0.2) is 18.3 Å². The lowest BCUT2D eigenvalue weighted by molar-refractivity contribution is 0.231.